The number of nitrogens with zero attached hydrogens (tertiary/aromatic N) is 1. The highest BCUT2D eigenvalue weighted by atomic mass is 19.1. The molecule has 0 radical (unpaired) electrons. The number of carbonyl (C=O) groups excluding carboxylic acids is 1. The summed E-state index contributed by atoms with van der Waals surface area (Å²) >= 11 is 0. The monoisotopic (exact) mass is 244 g/mol. The second-order valence-electron chi connectivity index (χ2n) is 3.83. The lowest BCUT2D eigenvalue weighted by Crippen LogP contribution is -2.13. The first-order valence-electron chi connectivity index (χ1n) is 5.71. The van der Waals surface area contributed by atoms with Crippen LogP contribution < -0.4 is 5.32 Å². The van der Waals surface area contributed by atoms with E-state index in [1.165, 1.54) is 18.3 Å². The standard InChI is InChI=1S/C14H13FN2O/c1-2-10-5-3-4-6-12(10)17-14(18)11-7-8-13(15)16-9-11/h3-9H,2H2,1H3,(H,17,18). The molecule has 0 aliphatic heterocycles. The third-order valence-corrected chi connectivity index (χ3v) is 2.64. The molecule has 92 valence electrons. The number of pyridine rings is 1. The van der Waals surface area contributed by atoms with Gasteiger partial charge in [0.2, 0.25) is 5.95 Å². The molecule has 0 spiro atoms. The van der Waals surface area contributed by atoms with Gasteiger partial charge < -0.3 is 5.32 Å². The average molecular weight is 244 g/mol. The second kappa shape index (κ2) is 5.40. The fourth-order valence-corrected chi connectivity index (χ4v) is 1.66. The molecule has 0 saturated heterocycles. The largest absolute Gasteiger partial charge is 0.322 e. The molecule has 0 aliphatic rings. The highest BCUT2D eigenvalue weighted by molar-refractivity contribution is 6.04. The molecule has 0 atom stereocenters. The summed E-state index contributed by atoms with van der Waals surface area (Å²) in [6.45, 7) is 2.02. The Morgan fingerprint density at radius 1 is 1.28 bits per heavy atom. The van der Waals surface area contributed by atoms with Crippen molar-refractivity contribution in [1.82, 2.24) is 4.98 Å². The summed E-state index contributed by atoms with van der Waals surface area (Å²) < 4.78 is 12.7. The van der Waals surface area contributed by atoms with Gasteiger partial charge in [-0.1, -0.05) is 25.1 Å². The quantitative estimate of drug-likeness (QED) is 0.843. The molecule has 0 fully saturated rings. The number of halogens is 1. The van der Waals surface area contributed by atoms with Crippen molar-refractivity contribution < 1.29 is 9.18 Å². The topological polar surface area (TPSA) is 42.0 Å². The number of hydrogen-bond donors (Lipinski definition) is 1. The summed E-state index contributed by atoms with van der Waals surface area (Å²) in [5, 5.41) is 2.80. The molecule has 0 saturated carbocycles. The molecule has 4 heteroatoms. The Kier molecular flexibility index (Phi) is 3.67. The van der Waals surface area contributed by atoms with Crippen LogP contribution in [0.5, 0.6) is 0 Å². The van der Waals surface area contributed by atoms with E-state index in [1.807, 2.05) is 31.2 Å². The molecular formula is C14H13FN2O. The number of aromatic nitrogens is 1. The number of nitrogens with one attached hydrogen (secondary N) is 1. The van der Waals surface area contributed by atoms with Gasteiger partial charge in [-0.3, -0.25) is 4.79 Å². The van der Waals surface area contributed by atoms with Crippen molar-refractivity contribution in [3.63, 3.8) is 0 Å². The molecule has 1 aromatic heterocycles. The van der Waals surface area contributed by atoms with Crippen LogP contribution in [0.4, 0.5) is 10.1 Å². The van der Waals surface area contributed by atoms with Crippen molar-refractivity contribution >= 4 is 11.6 Å². The van der Waals surface area contributed by atoms with E-state index in [0.717, 1.165) is 17.7 Å². The predicted octanol–water partition coefficient (Wildman–Crippen LogP) is 3.04. The number of rotatable bonds is 3. The summed E-state index contributed by atoms with van der Waals surface area (Å²) in [7, 11) is 0. The SMILES string of the molecule is CCc1ccccc1NC(=O)c1ccc(F)nc1. The summed E-state index contributed by atoms with van der Waals surface area (Å²) in [5.41, 5.74) is 2.16. The Morgan fingerprint density at radius 3 is 2.72 bits per heavy atom. The van der Waals surface area contributed by atoms with Crippen molar-refractivity contribution in [3.05, 3.63) is 59.7 Å². The zero-order valence-corrected chi connectivity index (χ0v) is 9.98. The van der Waals surface area contributed by atoms with Crippen molar-refractivity contribution in [1.29, 1.82) is 0 Å². The lowest BCUT2D eigenvalue weighted by molar-refractivity contribution is 0.102. The fraction of sp³-hybridized carbons (Fsp3) is 0.143. The molecule has 0 aliphatic carbocycles. The molecule has 1 N–H and O–H groups in total. The van der Waals surface area contributed by atoms with Crippen molar-refractivity contribution in [2.45, 2.75) is 13.3 Å². The number of anilines is 1. The molecule has 0 unspecified atom stereocenters. The third kappa shape index (κ3) is 2.71. The lowest BCUT2D eigenvalue weighted by atomic mass is 10.1. The zero-order valence-electron chi connectivity index (χ0n) is 9.98. The molecule has 0 bridgehead atoms. The average Bonchev–Trinajstić information content (AvgIpc) is 2.40. The van der Waals surface area contributed by atoms with Gasteiger partial charge >= 0.3 is 0 Å². The minimum absolute atomic E-state index is 0.289. The van der Waals surface area contributed by atoms with E-state index in [0.29, 0.717) is 5.56 Å². The number of hydrogen-bond acceptors (Lipinski definition) is 2. The van der Waals surface area contributed by atoms with Crippen LogP contribution in [0.25, 0.3) is 0 Å². The van der Waals surface area contributed by atoms with Crippen molar-refractivity contribution in [2.24, 2.45) is 0 Å². The Bertz CT molecular complexity index is 552. The Morgan fingerprint density at radius 2 is 2.06 bits per heavy atom. The number of benzene rings is 1. The van der Waals surface area contributed by atoms with Crippen LogP contribution in [0.2, 0.25) is 0 Å². The van der Waals surface area contributed by atoms with Crippen molar-refractivity contribution in [2.75, 3.05) is 5.32 Å². The van der Waals surface area contributed by atoms with Crippen LogP contribution in [0.1, 0.15) is 22.8 Å². The molecule has 1 amide bonds. The van der Waals surface area contributed by atoms with Gasteiger partial charge in [-0.25, -0.2) is 4.98 Å². The van der Waals surface area contributed by atoms with Crippen LogP contribution in [0.3, 0.4) is 0 Å². The molecule has 1 aromatic carbocycles. The first-order chi connectivity index (χ1) is 8.70. The number of aryl methyl sites for hydroxylation is 1. The van der Waals surface area contributed by atoms with E-state index in [4.69, 9.17) is 0 Å². The summed E-state index contributed by atoms with van der Waals surface area (Å²) in [4.78, 5) is 15.4. The number of carbonyl (C=O) groups is 1. The van der Waals surface area contributed by atoms with Gasteiger partial charge in [0.15, 0.2) is 0 Å². The predicted molar refractivity (Wildman–Crippen MR) is 68.0 cm³/mol. The van der Waals surface area contributed by atoms with Gasteiger partial charge in [0.1, 0.15) is 0 Å². The molecule has 2 rings (SSSR count). The maximum atomic E-state index is 12.7. The second-order valence-corrected chi connectivity index (χ2v) is 3.83. The van der Waals surface area contributed by atoms with Gasteiger partial charge in [0.25, 0.3) is 5.91 Å². The van der Waals surface area contributed by atoms with Gasteiger partial charge in [-0.2, -0.15) is 4.39 Å². The molecule has 18 heavy (non-hydrogen) atoms. The lowest BCUT2D eigenvalue weighted by Gasteiger charge is -2.09. The van der Waals surface area contributed by atoms with E-state index in [-0.39, 0.29) is 5.91 Å². The first-order valence-corrected chi connectivity index (χ1v) is 5.71. The smallest absolute Gasteiger partial charge is 0.257 e. The third-order valence-electron chi connectivity index (χ3n) is 2.64. The van der Waals surface area contributed by atoms with E-state index in [1.54, 1.807) is 0 Å². The highest BCUT2D eigenvalue weighted by Crippen LogP contribution is 2.16. The van der Waals surface area contributed by atoms with Crippen LogP contribution >= 0.6 is 0 Å². The Balaban J connectivity index is 2.18. The normalized spacial score (nSPS) is 10.1. The molecule has 2 aromatic rings. The molecular weight excluding hydrogens is 231 g/mol. The maximum absolute atomic E-state index is 12.7. The minimum Gasteiger partial charge on any atom is -0.322 e. The number of amides is 1. The first kappa shape index (κ1) is 12.2. The van der Waals surface area contributed by atoms with Gasteiger partial charge in [0.05, 0.1) is 5.56 Å². The van der Waals surface area contributed by atoms with Crippen LogP contribution in [-0.2, 0) is 6.42 Å². The van der Waals surface area contributed by atoms with E-state index < -0.39 is 5.95 Å². The Hall–Kier alpha value is -2.23. The molecule has 1 heterocycles. The van der Waals surface area contributed by atoms with E-state index in [9.17, 15) is 9.18 Å². The van der Waals surface area contributed by atoms with E-state index in [2.05, 4.69) is 10.3 Å². The fourth-order valence-electron chi connectivity index (χ4n) is 1.66. The summed E-state index contributed by atoms with van der Waals surface area (Å²) in [6.07, 6.45) is 2.05. The van der Waals surface area contributed by atoms with Crippen LogP contribution in [0, 0.1) is 5.95 Å². The van der Waals surface area contributed by atoms with Crippen LogP contribution in [0.15, 0.2) is 42.6 Å². The highest BCUT2D eigenvalue weighted by Gasteiger charge is 2.08. The Labute approximate surface area is 105 Å². The van der Waals surface area contributed by atoms with E-state index >= 15 is 0 Å². The van der Waals surface area contributed by atoms with Gasteiger partial charge in [-0.05, 0) is 30.2 Å². The summed E-state index contributed by atoms with van der Waals surface area (Å²) in [5.74, 6) is -0.885. The maximum Gasteiger partial charge on any atom is 0.257 e. The van der Waals surface area contributed by atoms with Crippen molar-refractivity contribution in [3.8, 4) is 0 Å². The minimum atomic E-state index is -0.597. The molecule has 3 nitrogen and oxygen atoms in total. The van der Waals surface area contributed by atoms with Gasteiger partial charge in [-0.15, -0.1) is 0 Å². The van der Waals surface area contributed by atoms with Crippen LogP contribution in [-0.4, -0.2) is 10.9 Å². The number of para-hydroxylation sites is 1. The zero-order chi connectivity index (χ0) is 13.0. The summed E-state index contributed by atoms with van der Waals surface area (Å²) in [6, 6.07) is 10.2. The van der Waals surface area contributed by atoms with Gasteiger partial charge in [0, 0.05) is 11.9 Å².